The van der Waals surface area contributed by atoms with Gasteiger partial charge in [0.25, 0.3) is 0 Å². The lowest BCUT2D eigenvalue weighted by molar-refractivity contribution is -0.389. The Bertz CT molecular complexity index is 379. The third-order valence-electron chi connectivity index (χ3n) is 2.79. The van der Waals surface area contributed by atoms with Gasteiger partial charge in [0, 0.05) is 12.1 Å². The van der Waals surface area contributed by atoms with Crippen molar-refractivity contribution in [2.24, 2.45) is 0 Å². The molecule has 1 aromatic rings. The largest absolute Gasteiger partial charge is 0.488 e. The molecule has 6 heteroatoms. The van der Waals surface area contributed by atoms with Gasteiger partial charge >= 0.3 is 5.82 Å². The van der Waals surface area contributed by atoms with Crippen LogP contribution >= 0.6 is 0 Å². The summed E-state index contributed by atoms with van der Waals surface area (Å²) in [6, 6.07) is 3.37. The van der Waals surface area contributed by atoms with Crippen LogP contribution in [0.4, 0.5) is 5.82 Å². The lowest BCUT2D eigenvalue weighted by Crippen LogP contribution is -2.48. The van der Waals surface area contributed by atoms with Crippen LogP contribution in [0.15, 0.2) is 18.3 Å². The first-order valence-corrected chi connectivity index (χ1v) is 5.10. The first-order chi connectivity index (χ1) is 7.66. The number of nitro groups is 1. The fraction of sp³-hybridized carbons (Fsp3) is 0.500. The summed E-state index contributed by atoms with van der Waals surface area (Å²) in [7, 11) is 2.05. The Morgan fingerprint density at radius 2 is 2.50 bits per heavy atom. The lowest BCUT2D eigenvalue weighted by Gasteiger charge is -2.37. The average Bonchev–Trinajstić information content (AvgIpc) is 2.28. The zero-order chi connectivity index (χ0) is 11.5. The SMILES string of the molecule is CN1CC[C@@H]1COc1ccc([N+](=O)[O-])nc1. The van der Waals surface area contributed by atoms with E-state index in [1.54, 1.807) is 6.07 Å². The molecule has 0 amide bonds. The number of hydrogen-bond acceptors (Lipinski definition) is 5. The molecule has 0 aliphatic carbocycles. The maximum absolute atomic E-state index is 10.4. The second-order valence-corrected chi connectivity index (χ2v) is 3.84. The molecule has 0 spiro atoms. The average molecular weight is 223 g/mol. The molecule has 0 N–H and O–H groups in total. The number of rotatable bonds is 4. The molecular formula is C10H13N3O3. The first-order valence-electron chi connectivity index (χ1n) is 5.10. The van der Waals surface area contributed by atoms with Crippen LogP contribution in [-0.4, -0.2) is 41.0 Å². The molecule has 0 aromatic carbocycles. The summed E-state index contributed by atoms with van der Waals surface area (Å²) in [5.74, 6) is 0.416. The molecule has 16 heavy (non-hydrogen) atoms. The van der Waals surface area contributed by atoms with Gasteiger partial charge < -0.3 is 14.9 Å². The smallest absolute Gasteiger partial charge is 0.363 e. The van der Waals surface area contributed by atoms with Gasteiger partial charge in [-0.3, -0.25) is 4.90 Å². The summed E-state index contributed by atoms with van der Waals surface area (Å²) >= 11 is 0. The van der Waals surface area contributed by atoms with Crippen molar-refractivity contribution in [3.05, 3.63) is 28.4 Å². The number of likely N-dealkylation sites (tertiary alicyclic amines) is 1. The molecule has 0 saturated carbocycles. The van der Waals surface area contributed by atoms with Crippen LogP contribution in [0.3, 0.4) is 0 Å². The fourth-order valence-electron chi connectivity index (χ4n) is 1.54. The van der Waals surface area contributed by atoms with Gasteiger partial charge in [0.15, 0.2) is 11.9 Å². The summed E-state index contributed by atoms with van der Waals surface area (Å²) < 4.78 is 5.49. The second kappa shape index (κ2) is 4.44. The van der Waals surface area contributed by atoms with E-state index in [-0.39, 0.29) is 5.82 Å². The van der Waals surface area contributed by atoms with Crippen molar-refractivity contribution in [2.75, 3.05) is 20.2 Å². The van der Waals surface area contributed by atoms with Crippen LogP contribution < -0.4 is 4.74 Å². The van der Waals surface area contributed by atoms with Crippen molar-refractivity contribution in [3.63, 3.8) is 0 Å². The molecule has 2 rings (SSSR count). The predicted molar refractivity (Wildman–Crippen MR) is 57.4 cm³/mol. The van der Waals surface area contributed by atoms with Crippen LogP contribution in [0.25, 0.3) is 0 Å². The highest BCUT2D eigenvalue weighted by Crippen LogP contribution is 2.18. The van der Waals surface area contributed by atoms with Gasteiger partial charge in [0.05, 0.1) is 0 Å². The molecule has 1 aromatic heterocycles. The molecule has 1 atom stereocenters. The summed E-state index contributed by atoms with van der Waals surface area (Å²) in [4.78, 5) is 15.7. The Balaban J connectivity index is 1.87. The van der Waals surface area contributed by atoms with Gasteiger partial charge in [0.2, 0.25) is 0 Å². The Hall–Kier alpha value is -1.69. The highest BCUT2D eigenvalue weighted by molar-refractivity contribution is 5.26. The molecule has 0 radical (unpaired) electrons. The Morgan fingerprint density at radius 3 is 2.94 bits per heavy atom. The summed E-state index contributed by atoms with van der Waals surface area (Å²) in [6.07, 6.45) is 2.52. The van der Waals surface area contributed by atoms with Crippen molar-refractivity contribution in [2.45, 2.75) is 12.5 Å². The Labute approximate surface area is 93.0 Å². The Kier molecular flexibility index (Phi) is 3.00. The van der Waals surface area contributed by atoms with E-state index in [0.717, 1.165) is 13.0 Å². The van der Waals surface area contributed by atoms with E-state index in [9.17, 15) is 10.1 Å². The predicted octanol–water partition coefficient (Wildman–Crippen LogP) is 1.07. The van der Waals surface area contributed by atoms with E-state index in [1.807, 2.05) is 7.05 Å². The highest BCUT2D eigenvalue weighted by atomic mass is 16.6. The van der Waals surface area contributed by atoms with Crippen LogP contribution in [0.5, 0.6) is 5.75 Å². The number of aromatic nitrogens is 1. The maximum atomic E-state index is 10.4. The van der Waals surface area contributed by atoms with Crippen LogP contribution in [0.2, 0.25) is 0 Å². The summed E-state index contributed by atoms with van der Waals surface area (Å²) in [5.41, 5.74) is 0. The monoisotopic (exact) mass is 223 g/mol. The third-order valence-corrected chi connectivity index (χ3v) is 2.79. The topological polar surface area (TPSA) is 68.5 Å². The molecule has 1 fully saturated rings. The van der Waals surface area contributed by atoms with Gasteiger partial charge in [0.1, 0.15) is 6.61 Å². The quantitative estimate of drug-likeness (QED) is 0.564. The fourth-order valence-corrected chi connectivity index (χ4v) is 1.54. The first kappa shape index (κ1) is 10.8. The molecule has 86 valence electrons. The van der Waals surface area contributed by atoms with Gasteiger partial charge in [-0.1, -0.05) is 0 Å². The van der Waals surface area contributed by atoms with E-state index in [0.29, 0.717) is 18.4 Å². The molecule has 2 heterocycles. The molecule has 6 nitrogen and oxygen atoms in total. The minimum absolute atomic E-state index is 0.159. The lowest BCUT2D eigenvalue weighted by atomic mass is 10.1. The number of nitrogens with zero attached hydrogens (tertiary/aromatic N) is 3. The van der Waals surface area contributed by atoms with Gasteiger partial charge in [-0.15, -0.1) is 0 Å². The van der Waals surface area contributed by atoms with Gasteiger partial charge in [-0.05, 0) is 36.0 Å². The van der Waals surface area contributed by atoms with Crippen LogP contribution in [-0.2, 0) is 0 Å². The molecule has 1 saturated heterocycles. The van der Waals surface area contributed by atoms with Crippen molar-refractivity contribution < 1.29 is 9.66 Å². The molecular weight excluding hydrogens is 210 g/mol. The number of hydrogen-bond donors (Lipinski definition) is 0. The van der Waals surface area contributed by atoms with E-state index in [1.165, 1.54) is 12.3 Å². The van der Waals surface area contributed by atoms with Crippen molar-refractivity contribution in [1.29, 1.82) is 0 Å². The van der Waals surface area contributed by atoms with Crippen molar-refractivity contribution in [1.82, 2.24) is 9.88 Å². The third kappa shape index (κ3) is 2.27. The summed E-state index contributed by atoms with van der Waals surface area (Å²) in [6.45, 7) is 1.71. The minimum atomic E-state index is -0.524. The number of pyridine rings is 1. The zero-order valence-electron chi connectivity index (χ0n) is 9.00. The molecule has 1 aliphatic rings. The summed E-state index contributed by atoms with van der Waals surface area (Å²) in [5, 5.41) is 10.4. The molecule has 1 aliphatic heterocycles. The van der Waals surface area contributed by atoms with Crippen LogP contribution in [0, 0.1) is 10.1 Å². The molecule has 0 bridgehead atoms. The zero-order valence-corrected chi connectivity index (χ0v) is 9.00. The Morgan fingerprint density at radius 1 is 1.69 bits per heavy atom. The van der Waals surface area contributed by atoms with Gasteiger partial charge in [-0.2, -0.15) is 0 Å². The van der Waals surface area contributed by atoms with Gasteiger partial charge in [-0.25, -0.2) is 0 Å². The normalized spacial score (nSPS) is 20.2. The second-order valence-electron chi connectivity index (χ2n) is 3.84. The van der Waals surface area contributed by atoms with Crippen molar-refractivity contribution >= 4 is 5.82 Å². The number of likely N-dealkylation sites (N-methyl/N-ethyl adjacent to an activating group) is 1. The van der Waals surface area contributed by atoms with E-state index in [4.69, 9.17) is 4.74 Å². The minimum Gasteiger partial charge on any atom is -0.488 e. The maximum Gasteiger partial charge on any atom is 0.363 e. The highest BCUT2D eigenvalue weighted by Gasteiger charge is 2.24. The number of ether oxygens (including phenoxy) is 1. The molecule has 0 unspecified atom stereocenters. The van der Waals surface area contributed by atoms with E-state index >= 15 is 0 Å². The van der Waals surface area contributed by atoms with E-state index in [2.05, 4.69) is 9.88 Å². The van der Waals surface area contributed by atoms with E-state index < -0.39 is 4.92 Å². The van der Waals surface area contributed by atoms with Crippen LogP contribution in [0.1, 0.15) is 6.42 Å². The van der Waals surface area contributed by atoms with Crippen molar-refractivity contribution in [3.8, 4) is 5.75 Å². The standard InChI is InChI=1S/C10H13N3O3/c1-12-5-4-8(12)7-16-9-2-3-10(11-6-9)13(14)15/h2-3,6,8H,4-5,7H2,1H3/t8-/m1/s1.